The van der Waals surface area contributed by atoms with Gasteiger partial charge >= 0.3 is 0 Å². The van der Waals surface area contributed by atoms with Crippen LogP contribution < -0.4 is 4.72 Å². The minimum absolute atomic E-state index is 0.00757. The first kappa shape index (κ1) is 17.4. The third-order valence-electron chi connectivity index (χ3n) is 3.87. The molecule has 1 fully saturated rings. The normalized spacial score (nSPS) is 17.2. The van der Waals surface area contributed by atoms with Crippen molar-refractivity contribution in [1.29, 1.82) is 0 Å². The second-order valence-corrected chi connectivity index (χ2v) is 9.06. The number of likely N-dealkylation sites (tertiary alicyclic amines) is 1. The molecule has 1 N–H and O–H groups in total. The van der Waals surface area contributed by atoms with Crippen LogP contribution in [-0.2, 0) is 21.2 Å². The van der Waals surface area contributed by atoms with Gasteiger partial charge < -0.3 is 4.90 Å². The van der Waals surface area contributed by atoms with E-state index in [9.17, 15) is 13.2 Å². The Bertz CT molecular complexity index is 614. The molecular formula is C15H24N2O3S2. The number of amides is 1. The Morgan fingerprint density at radius 1 is 1.36 bits per heavy atom. The van der Waals surface area contributed by atoms with Crippen LogP contribution >= 0.6 is 11.3 Å². The van der Waals surface area contributed by atoms with Gasteiger partial charge in [0.15, 0.2) is 0 Å². The van der Waals surface area contributed by atoms with Gasteiger partial charge in [-0.15, -0.1) is 11.3 Å². The molecule has 7 heteroatoms. The summed E-state index contributed by atoms with van der Waals surface area (Å²) in [5, 5.41) is 0. The minimum Gasteiger partial charge on any atom is -0.342 e. The third kappa shape index (κ3) is 4.08. The Balaban J connectivity index is 1.94. The highest BCUT2D eigenvalue weighted by molar-refractivity contribution is 7.91. The van der Waals surface area contributed by atoms with Gasteiger partial charge in [0.1, 0.15) is 4.21 Å². The van der Waals surface area contributed by atoms with Crippen LogP contribution in [0.15, 0.2) is 16.3 Å². The van der Waals surface area contributed by atoms with Crippen LogP contribution in [0.3, 0.4) is 0 Å². The fourth-order valence-electron chi connectivity index (χ4n) is 2.55. The highest BCUT2D eigenvalue weighted by Crippen LogP contribution is 2.23. The quantitative estimate of drug-likeness (QED) is 0.891. The lowest BCUT2D eigenvalue weighted by molar-refractivity contribution is -0.135. The molecule has 0 bridgehead atoms. The van der Waals surface area contributed by atoms with Gasteiger partial charge in [0.05, 0.1) is 0 Å². The van der Waals surface area contributed by atoms with Gasteiger partial charge in [-0.3, -0.25) is 4.79 Å². The molecule has 0 spiro atoms. The molecule has 1 aliphatic heterocycles. The molecule has 5 nitrogen and oxygen atoms in total. The molecule has 1 amide bonds. The van der Waals surface area contributed by atoms with Crippen molar-refractivity contribution in [1.82, 2.24) is 9.62 Å². The summed E-state index contributed by atoms with van der Waals surface area (Å²) in [6, 6.07) is 3.44. The van der Waals surface area contributed by atoms with Crippen LogP contribution in [0, 0.1) is 5.92 Å². The molecule has 1 aromatic rings. The number of sulfonamides is 1. The summed E-state index contributed by atoms with van der Waals surface area (Å²) in [7, 11) is -3.44. The van der Waals surface area contributed by atoms with Crippen LogP contribution in [-0.4, -0.2) is 38.4 Å². The summed E-state index contributed by atoms with van der Waals surface area (Å²) in [4.78, 5) is 14.8. The zero-order chi connectivity index (χ0) is 16.3. The Hall–Kier alpha value is -0.920. The first-order chi connectivity index (χ1) is 10.3. The number of hydrogen-bond donors (Lipinski definition) is 1. The van der Waals surface area contributed by atoms with Crippen molar-refractivity contribution in [3.8, 4) is 0 Å². The molecule has 0 saturated carbocycles. The number of nitrogens with zero attached hydrogens (tertiary/aromatic N) is 1. The number of carbonyl (C=O) groups excluding carboxylic acids is 1. The minimum atomic E-state index is -3.44. The average Bonchev–Trinajstić information content (AvgIpc) is 2.96. The lowest BCUT2D eigenvalue weighted by atomic mass is 10.0. The van der Waals surface area contributed by atoms with E-state index >= 15 is 0 Å². The predicted octanol–water partition coefficient (Wildman–Crippen LogP) is 2.24. The third-order valence-corrected chi connectivity index (χ3v) is 7.11. The maximum Gasteiger partial charge on any atom is 0.250 e. The largest absolute Gasteiger partial charge is 0.342 e. The predicted molar refractivity (Wildman–Crippen MR) is 88.5 cm³/mol. The second kappa shape index (κ2) is 7.10. The molecule has 1 aromatic heterocycles. The van der Waals surface area contributed by atoms with E-state index in [1.165, 1.54) is 11.3 Å². The fraction of sp³-hybridized carbons (Fsp3) is 0.667. The summed E-state index contributed by atoms with van der Waals surface area (Å²) in [6.45, 7) is 7.03. The number of carbonyl (C=O) groups is 1. The molecule has 2 heterocycles. The molecule has 0 atom stereocenters. The van der Waals surface area contributed by atoms with Gasteiger partial charge in [-0.1, -0.05) is 20.8 Å². The molecule has 1 saturated heterocycles. The number of piperidine rings is 1. The van der Waals surface area contributed by atoms with E-state index < -0.39 is 10.0 Å². The van der Waals surface area contributed by atoms with E-state index in [0.29, 0.717) is 30.1 Å². The SMILES string of the molecule is CCc1ccc(S(=O)(=O)NC2CCN(C(=O)C(C)C)CC2)s1. The maximum atomic E-state index is 12.4. The molecule has 124 valence electrons. The zero-order valence-electron chi connectivity index (χ0n) is 13.3. The van der Waals surface area contributed by atoms with Crippen LogP contribution in [0.1, 0.15) is 38.5 Å². The van der Waals surface area contributed by atoms with Crippen molar-refractivity contribution in [2.75, 3.05) is 13.1 Å². The zero-order valence-corrected chi connectivity index (χ0v) is 15.0. The topological polar surface area (TPSA) is 66.5 Å². The van der Waals surface area contributed by atoms with E-state index in [0.717, 1.165) is 11.3 Å². The monoisotopic (exact) mass is 344 g/mol. The fourth-order valence-corrected chi connectivity index (χ4v) is 5.17. The lowest BCUT2D eigenvalue weighted by Gasteiger charge is -2.33. The van der Waals surface area contributed by atoms with Gasteiger partial charge in [0.2, 0.25) is 15.9 Å². The molecule has 0 radical (unpaired) electrons. The Morgan fingerprint density at radius 3 is 2.50 bits per heavy atom. The van der Waals surface area contributed by atoms with E-state index in [2.05, 4.69) is 4.72 Å². The summed E-state index contributed by atoms with van der Waals surface area (Å²) in [6.07, 6.45) is 2.18. The Labute approximate surface area is 136 Å². The van der Waals surface area contributed by atoms with Gasteiger partial charge in [-0.05, 0) is 31.4 Å². The van der Waals surface area contributed by atoms with Gasteiger partial charge in [0, 0.05) is 29.9 Å². The van der Waals surface area contributed by atoms with Gasteiger partial charge in [0.25, 0.3) is 0 Å². The van der Waals surface area contributed by atoms with E-state index in [1.54, 1.807) is 6.07 Å². The average molecular weight is 345 g/mol. The summed E-state index contributed by atoms with van der Waals surface area (Å²) < 4.78 is 27.9. The molecule has 0 unspecified atom stereocenters. The molecule has 0 aromatic carbocycles. The highest BCUT2D eigenvalue weighted by Gasteiger charge is 2.28. The van der Waals surface area contributed by atoms with Crippen LogP contribution in [0.25, 0.3) is 0 Å². The van der Waals surface area contributed by atoms with Gasteiger partial charge in [-0.2, -0.15) is 0 Å². The number of rotatable bonds is 5. The van der Waals surface area contributed by atoms with Crippen molar-refractivity contribution in [3.63, 3.8) is 0 Å². The number of thiophene rings is 1. The Morgan fingerprint density at radius 2 is 2.00 bits per heavy atom. The smallest absolute Gasteiger partial charge is 0.250 e. The first-order valence-electron chi connectivity index (χ1n) is 7.73. The number of nitrogens with one attached hydrogen (secondary N) is 1. The molecular weight excluding hydrogens is 320 g/mol. The van der Waals surface area contributed by atoms with E-state index in [4.69, 9.17) is 0 Å². The molecule has 22 heavy (non-hydrogen) atoms. The van der Waals surface area contributed by atoms with Crippen LogP contribution in [0.5, 0.6) is 0 Å². The van der Waals surface area contributed by atoms with Crippen LogP contribution in [0.2, 0.25) is 0 Å². The lowest BCUT2D eigenvalue weighted by Crippen LogP contribution is -2.47. The second-order valence-electron chi connectivity index (χ2n) is 5.95. The standard InChI is InChI=1S/C15H24N2O3S2/c1-4-13-5-6-14(21-13)22(19,20)16-12-7-9-17(10-8-12)15(18)11(2)3/h5-6,11-12,16H,4,7-10H2,1-3H3. The first-order valence-corrected chi connectivity index (χ1v) is 10.0. The van der Waals surface area contributed by atoms with E-state index in [-0.39, 0.29) is 17.9 Å². The van der Waals surface area contributed by atoms with Crippen molar-refractivity contribution in [3.05, 3.63) is 17.0 Å². The van der Waals surface area contributed by atoms with Crippen molar-refractivity contribution >= 4 is 27.3 Å². The number of aryl methyl sites for hydroxylation is 1. The highest BCUT2D eigenvalue weighted by atomic mass is 32.2. The summed E-state index contributed by atoms with van der Waals surface area (Å²) in [5.74, 6) is 0.138. The molecule has 0 aliphatic carbocycles. The molecule has 2 rings (SSSR count). The summed E-state index contributed by atoms with van der Waals surface area (Å²) in [5.41, 5.74) is 0. The van der Waals surface area contributed by atoms with Gasteiger partial charge in [-0.25, -0.2) is 13.1 Å². The van der Waals surface area contributed by atoms with E-state index in [1.807, 2.05) is 31.7 Å². The van der Waals surface area contributed by atoms with Crippen molar-refractivity contribution in [2.45, 2.75) is 50.3 Å². The maximum absolute atomic E-state index is 12.4. The number of hydrogen-bond acceptors (Lipinski definition) is 4. The summed E-state index contributed by atoms with van der Waals surface area (Å²) >= 11 is 1.32. The van der Waals surface area contributed by atoms with Crippen LogP contribution in [0.4, 0.5) is 0 Å². The molecule has 1 aliphatic rings. The van der Waals surface area contributed by atoms with Crippen molar-refractivity contribution < 1.29 is 13.2 Å². The van der Waals surface area contributed by atoms with Crippen molar-refractivity contribution in [2.24, 2.45) is 5.92 Å². The Kier molecular flexibility index (Phi) is 5.63.